The summed E-state index contributed by atoms with van der Waals surface area (Å²) in [5, 5.41) is 4.32. The Kier molecular flexibility index (Phi) is 5.39. The fraction of sp³-hybridized carbons (Fsp3) is 0.192. The summed E-state index contributed by atoms with van der Waals surface area (Å²) in [4.78, 5) is 19.0. The number of hydrogen-bond acceptors (Lipinski definition) is 2. The number of fused-ring (bicyclic) bond motifs is 3. The van der Waals surface area contributed by atoms with Gasteiger partial charge in [-0.05, 0) is 66.4 Å². The molecule has 2 N–H and O–H groups in total. The molecule has 5 rings (SSSR count). The number of benzene rings is 3. The van der Waals surface area contributed by atoms with E-state index in [9.17, 15) is 4.79 Å². The van der Waals surface area contributed by atoms with E-state index < -0.39 is 0 Å². The van der Waals surface area contributed by atoms with Gasteiger partial charge in [0.05, 0.1) is 13.2 Å². The molecule has 3 aromatic carbocycles. The van der Waals surface area contributed by atoms with Crippen LogP contribution in [0.1, 0.15) is 28.4 Å². The molecule has 0 bridgehead atoms. The number of aromatic amines is 1. The third-order valence-electron chi connectivity index (χ3n) is 6.14. The van der Waals surface area contributed by atoms with Crippen molar-refractivity contribution in [2.75, 3.05) is 19.0 Å². The number of nitrogens with zero attached hydrogens (tertiary/aromatic N) is 1. The lowest BCUT2D eigenvalue weighted by molar-refractivity contribution is 0.193. The minimum absolute atomic E-state index is 0.114. The van der Waals surface area contributed by atoms with Crippen LogP contribution in [0.2, 0.25) is 0 Å². The third-order valence-corrected chi connectivity index (χ3v) is 7.03. The molecule has 0 saturated carbocycles. The number of carbonyl (C=O) groups excluding carboxylic acids is 1. The Bertz CT molecular complexity index is 1300. The molecule has 0 fully saturated rings. The molecule has 0 aliphatic carbocycles. The summed E-state index contributed by atoms with van der Waals surface area (Å²) in [7, 11) is 1.66. The Morgan fingerprint density at radius 2 is 1.91 bits per heavy atom. The fourth-order valence-corrected chi connectivity index (χ4v) is 4.76. The van der Waals surface area contributed by atoms with Gasteiger partial charge in [0.2, 0.25) is 0 Å². The molecule has 5 nitrogen and oxygen atoms in total. The van der Waals surface area contributed by atoms with Crippen LogP contribution in [0.15, 0.2) is 71.2 Å². The second-order valence-corrected chi connectivity index (χ2v) is 8.93. The summed E-state index contributed by atoms with van der Waals surface area (Å²) in [5.74, 6) is 0.794. The molecule has 0 saturated heterocycles. The number of carbonyl (C=O) groups is 1. The Morgan fingerprint density at radius 1 is 1.12 bits per heavy atom. The van der Waals surface area contributed by atoms with Crippen molar-refractivity contribution in [1.82, 2.24) is 9.88 Å². The Labute approximate surface area is 195 Å². The zero-order valence-electron chi connectivity index (χ0n) is 18.0. The molecule has 1 atom stereocenters. The second kappa shape index (κ2) is 8.36. The molecule has 0 radical (unpaired) electrons. The van der Waals surface area contributed by atoms with Crippen LogP contribution in [-0.2, 0) is 6.42 Å². The Balaban J connectivity index is 1.55. The first-order valence-electron chi connectivity index (χ1n) is 10.6. The maximum atomic E-state index is 13.5. The number of aryl methyl sites for hydroxylation is 1. The lowest BCUT2D eigenvalue weighted by atomic mass is 9.92. The van der Waals surface area contributed by atoms with Gasteiger partial charge in [0, 0.05) is 33.3 Å². The quantitative estimate of drug-likeness (QED) is 0.348. The van der Waals surface area contributed by atoms with Gasteiger partial charge >= 0.3 is 6.03 Å². The Hall–Kier alpha value is -3.25. The molecular weight excluding hydrogens is 466 g/mol. The number of rotatable bonds is 3. The largest absolute Gasteiger partial charge is 0.497 e. The van der Waals surface area contributed by atoms with Crippen LogP contribution < -0.4 is 10.1 Å². The molecule has 0 spiro atoms. The van der Waals surface area contributed by atoms with E-state index in [1.54, 1.807) is 7.11 Å². The van der Waals surface area contributed by atoms with Gasteiger partial charge in [-0.2, -0.15) is 0 Å². The van der Waals surface area contributed by atoms with Crippen LogP contribution >= 0.6 is 15.9 Å². The number of methoxy groups -OCH3 is 1. The average molecular weight is 490 g/mol. The van der Waals surface area contributed by atoms with Crippen LogP contribution in [0.25, 0.3) is 10.9 Å². The first-order valence-corrected chi connectivity index (χ1v) is 11.4. The van der Waals surface area contributed by atoms with E-state index in [2.05, 4.69) is 44.4 Å². The molecule has 1 aliphatic heterocycles. The van der Waals surface area contributed by atoms with Crippen molar-refractivity contribution in [3.8, 4) is 5.75 Å². The highest BCUT2D eigenvalue weighted by molar-refractivity contribution is 9.10. The monoisotopic (exact) mass is 489 g/mol. The minimum atomic E-state index is -0.214. The molecule has 1 aromatic heterocycles. The van der Waals surface area contributed by atoms with E-state index in [-0.39, 0.29) is 12.1 Å². The van der Waals surface area contributed by atoms with Crippen molar-refractivity contribution in [1.29, 1.82) is 0 Å². The summed E-state index contributed by atoms with van der Waals surface area (Å²) in [6.45, 7) is 2.64. The van der Waals surface area contributed by atoms with Crippen molar-refractivity contribution >= 4 is 38.6 Å². The van der Waals surface area contributed by atoms with Gasteiger partial charge < -0.3 is 19.9 Å². The van der Waals surface area contributed by atoms with E-state index in [1.165, 1.54) is 10.9 Å². The summed E-state index contributed by atoms with van der Waals surface area (Å²) in [6.07, 6.45) is 0.804. The van der Waals surface area contributed by atoms with Gasteiger partial charge in [-0.15, -0.1) is 0 Å². The number of amides is 2. The summed E-state index contributed by atoms with van der Waals surface area (Å²) >= 11 is 3.52. The van der Waals surface area contributed by atoms with Crippen LogP contribution in [0, 0.1) is 6.92 Å². The van der Waals surface area contributed by atoms with E-state index in [0.29, 0.717) is 6.54 Å². The molecule has 2 amide bonds. The average Bonchev–Trinajstić information content (AvgIpc) is 3.19. The van der Waals surface area contributed by atoms with Gasteiger partial charge in [-0.25, -0.2) is 4.79 Å². The maximum Gasteiger partial charge on any atom is 0.322 e. The maximum absolute atomic E-state index is 13.5. The lowest BCUT2D eigenvalue weighted by Crippen LogP contribution is -2.43. The highest BCUT2D eigenvalue weighted by atomic mass is 79.9. The van der Waals surface area contributed by atoms with Crippen molar-refractivity contribution in [3.63, 3.8) is 0 Å². The van der Waals surface area contributed by atoms with E-state index in [0.717, 1.165) is 44.7 Å². The summed E-state index contributed by atoms with van der Waals surface area (Å²) in [5.41, 5.74) is 6.36. The standard InChI is InChI=1S/C26H24BrN3O2/c1-16-15-18(9-12-22(16)27)28-26(31)30-14-13-21-20-5-3-4-6-23(20)29-24(21)25(30)17-7-10-19(32-2)11-8-17/h3-12,15,25,29H,13-14H2,1-2H3,(H,28,31)/t25-/m0/s1. The first-order chi connectivity index (χ1) is 15.5. The molecule has 162 valence electrons. The number of halogens is 1. The predicted octanol–water partition coefficient (Wildman–Crippen LogP) is 6.43. The van der Waals surface area contributed by atoms with Gasteiger partial charge in [-0.1, -0.05) is 46.3 Å². The molecule has 0 unspecified atom stereocenters. The number of urea groups is 1. The molecule has 1 aliphatic rings. The highest BCUT2D eigenvalue weighted by Crippen LogP contribution is 2.39. The van der Waals surface area contributed by atoms with E-state index >= 15 is 0 Å². The molecule has 32 heavy (non-hydrogen) atoms. The highest BCUT2D eigenvalue weighted by Gasteiger charge is 2.34. The van der Waals surface area contributed by atoms with Crippen LogP contribution in [0.5, 0.6) is 5.75 Å². The molecule has 4 aromatic rings. The van der Waals surface area contributed by atoms with Crippen molar-refractivity contribution in [2.24, 2.45) is 0 Å². The lowest BCUT2D eigenvalue weighted by Gasteiger charge is -2.36. The van der Waals surface area contributed by atoms with Crippen molar-refractivity contribution in [3.05, 3.63) is 93.6 Å². The molecule has 2 heterocycles. The summed E-state index contributed by atoms with van der Waals surface area (Å²) < 4.78 is 6.36. The Morgan fingerprint density at radius 3 is 2.66 bits per heavy atom. The second-order valence-electron chi connectivity index (χ2n) is 8.08. The normalized spacial score (nSPS) is 15.5. The van der Waals surface area contributed by atoms with Gasteiger partial charge in [0.1, 0.15) is 5.75 Å². The zero-order valence-corrected chi connectivity index (χ0v) is 19.6. The van der Waals surface area contributed by atoms with Gasteiger partial charge in [0.15, 0.2) is 0 Å². The minimum Gasteiger partial charge on any atom is -0.497 e. The number of para-hydroxylation sites is 1. The molecule has 6 heteroatoms. The summed E-state index contributed by atoms with van der Waals surface area (Å²) in [6, 6.07) is 21.8. The van der Waals surface area contributed by atoms with E-state index in [1.807, 2.05) is 60.4 Å². The smallest absolute Gasteiger partial charge is 0.322 e. The number of aromatic nitrogens is 1. The van der Waals surface area contributed by atoms with Crippen LogP contribution in [-0.4, -0.2) is 29.6 Å². The molecular formula is C26H24BrN3O2. The SMILES string of the molecule is COc1ccc([C@H]2c3[nH]c4ccccc4c3CCN2C(=O)Nc2ccc(Br)c(C)c2)cc1. The zero-order chi connectivity index (χ0) is 22.2. The van der Waals surface area contributed by atoms with Crippen molar-refractivity contribution < 1.29 is 9.53 Å². The van der Waals surface area contributed by atoms with Crippen LogP contribution in [0.3, 0.4) is 0 Å². The first kappa shape index (κ1) is 20.6. The number of H-pyrrole nitrogens is 1. The number of nitrogens with one attached hydrogen (secondary N) is 2. The predicted molar refractivity (Wildman–Crippen MR) is 131 cm³/mol. The van der Waals surface area contributed by atoms with E-state index in [4.69, 9.17) is 4.74 Å². The van der Waals surface area contributed by atoms with Gasteiger partial charge in [-0.3, -0.25) is 0 Å². The third kappa shape index (κ3) is 3.65. The number of hydrogen-bond donors (Lipinski definition) is 2. The van der Waals surface area contributed by atoms with Gasteiger partial charge in [0.25, 0.3) is 0 Å². The van der Waals surface area contributed by atoms with Crippen molar-refractivity contribution in [2.45, 2.75) is 19.4 Å². The number of ether oxygens (including phenoxy) is 1. The number of anilines is 1. The van der Waals surface area contributed by atoms with Crippen LogP contribution in [0.4, 0.5) is 10.5 Å². The fourth-order valence-electron chi connectivity index (χ4n) is 4.51. The topological polar surface area (TPSA) is 57.4 Å².